The summed E-state index contributed by atoms with van der Waals surface area (Å²) in [5.74, 6) is 1.32. The van der Waals surface area contributed by atoms with Crippen LogP contribution in [0, 0.1) is 0 Å². The lowest BCUT2D eigenvalue weighted by Crippen LogP contribution is -2.31. The minimum Gasteiger partial charge on any atom is -0.322 e. The van der Waals surface area contributed by atoms with Crippen molar-refractivity contribution in [2.45, 2.75) is 38.9 Å². The van der Waals surface area contributed by atoms with Gasteiger partial charge in [-0.1, -0.05) is 31.2 Å². The smallest absolute Gasteiger partial charge is 0.241 e. The predicted molar refractivity (Wildman–Crippen MR) is 85.9 cm³/mol. The molecule has 1 aromatic rings. The SMILES string of the molecule is CCc1ccc(C2NC(C)C(=O)N2CCCSC)cc1. The Kier molecular flexibility index (Phi) is 5.49. The summed E-state index contributed by atoms with van der Waals surface area (Å²) in [4.78, 5) is 14.3. The van der Waals surface area contributed by atoms with Gasteiger partial charge in [0.15, 0.2) is 0 Å². The van der Waals surface area contributed by atoms with E-state index in [-0.39, 0.29) is 18.1 Å². The molecule has 1 heterocycles. The summed E-state index contributed by atoms with van der Waals surface area (Å²) >= 11 is 1.83. The van der Waals surface area contributed by atoms with Crippen molar-refractivity contribution in [1.29, 1.82) is 0 Å². The summed E-state index contributed by atoms with van der Waals surface area (Å²) < 4.78 is 0. The number of aryl methyl sites for hydroxylation is 1. The van der Waals surface area contributed by atoms with Crippen molar-refractivity contribution in [2.75, 3.05) is 18.6 Å². The van der Waals surface area contributed by atoms with E-state index in [9.17, 15) is 4.79 Å². The van der Waals surface area contributed by atoms with Crippen LogP contribution in [0.1, 0.15) is 37.6 Å². The number of rotatable bonds is 6. The van der Waals surface area contributed by atoms with Crippen LogP contribution in [0.4, 0.5) is 0 Å². The zero-order valence-electron chi connectivity index (χ0n) is 12.6. The molecule has 110 valence electrons. The van der Waals surface area contributed by atoms with E-state index in [1.807, 2.05) is 23.6 Å². The number of hydrogen-bond donors (Lipinski definition) is 1. The first kappa shape index (κ1) is 15.4. The first-order valence-corrected chi connectivity index (χ1v) is 8.71. The lowest BCUT2D eigenvalue weighted by molar-refractivity contribution is -0.129. The lowest BCUT2D eigenvalue weighted by Gasteiger charge is -2.24. The molecule has 1 fully saturated rings. The van der Waals surface area contributed by atoms with E-state index < -0.39 is 0 Å². The van der Waals surface area contributed by atoms with Crippen molar-refractivity contribution >= 4 is 17.7 Å². The van der Waals surface area contributed by atoms with E-state index in [0.29, 0.717) is 0 Å². The second-order valence-electron chi connectivity index (χ2n) is 5.26. The van der Waals surface area contributed by atoms with E-state index in [1.54, 1.807) is 0 Å². The second kappa shape index (κ2) is 7.14. The molecule has 2 rings (SSSR count). The van der Waals surface area contributed by atoms with Gasteiger partial charge in [0.05, 0.1) is 6.04 Å². The number of benzene rings is 1. The van der Waals surface area contributed by atoms with Gasteiger partial charge < -0.3 is 4.90 Å². The van der Waals surface area contributed by atoms with Gasteiger partial charge >= 0.3 is 0 Å². The molecule has 1 aliphatic heterocycles. The van der Waals surface area contributed by atoms with Crippen LogP contribution in [0.25, 0.3) is 0 Å². The highest BCUT2D eigenvalue weighted by Gasteiger charge is 2.36. The minimum atomic E-state index is -0.0832. The van der Waals surface area contributed by atoms with Crippen LogP contribution in [0.5, 0.6) is 0 Å². The largest absolute Gasteiger partial charge is 0.322 e. The highest BCUT2D eigenvalue weighted by molar-refractivity contribution is 7.98. The molecule has 2 atom stereocenters. The molecule has 0 spiro atoms. The van der Waals surface area contributed by atoms with Gasteiger partial charge in [0.2, 0.25) is 5.91 Å². The van der Waals surface area contributed by atoms with Crippen molar-refractivity contribution in [3.05, 3.63) is 35.4 Å². The van der Waals surface area contributed by atoms with Gasteiger partial charge in [-0.05, 0) is 42.9 Å². The lowest BCUT2D eigenvalue weighted by atomic mass is 10.1. The molecule has 2 unspecified atom stereocenters. The molecule has 0 radical (unpaired) electrons. The fraction of sp³-hybridized carbons (Fsp3) is 0.562. The van der Waals surface area contributed by atoms with Crippen LogP contribution in [0.3, 0.4) is 0 Å². The molecular weight excluding hydrogens is 268 g/mol. The van der Waals surface area contributed by atoms with Crippen molar-refractivity contribution in [3.63, 3.8) is 0 Å². The molecule has 4 heteroatoms. The summed E-state index contributed by atoms with van der Waals surface area (Å²) in [7, 11) is 0. The highest BCUT2D eigenvalue weighted by atomic mass is 32.2. The molecule has 20 heavy (non-hydrogen) atoms. The molecule has 1 aromatic carbocycles. The number of nitrogens with one attached hydrogen (secondary N) is 1. The molecule has 3 nitrogen and oxygen atoms in total. The molecule has 1 saturated heterocycles. The molecular formula is C16H24N2OS. The zero-order chi connectivity index (χ0) is 14.5. The third-order valence-electron chi connectivity index (χ3n) is 3.82. The molecule has 0 aromatic heterocycles. The monoisotopic (exact) mass is 292 g/mol. The van der Waals surface area contributed by atoms with Gasteiger partial charge in [0.25, 0.3) is 0 Å². The third-order valence-corrected chi connectivity index (χ3v) is 4.52. The third kappa shape index (κ3) is 3.36. The number of nitrogens with zero attached hydrogens (tertiary/aromatic N) is 1. The first-order chi connectivity index (χ1) is 9.67. The van der Waals surface area contributed by atoms with Crippen molar-refractivity contribution in [1.82, 2.24) is 10.2 Å². The number of carbonyl (C=O) groups is 1. The van der Waals surface area contributed by atoms with Gasteiger partial charge in [0, 0.05) is 6.54 Å². The maximum Gasteiger partial charge on any atom is 0.241 e. The van der Waals surface area contributed by atoms with Crippen LogP contribution < -0.4 is 5.32 Å². The van der Waals surface area contributed by atoms with Crippen LogP contribution in [0.15, 0.2) is 24.3 Å². The second-order valence-corrected chi connectivity index (χ2v) is 6.25. The highest BCUT2D eigenvalue weighted by Crippen LogP contribution is 2.26. The summed E-state index contributed by atoms with van der Waals surface area (Å²) in [5.41, 5.74) is 2.52. The zero-order valence-corrected chi connectivity index (χ0v) is 13.4. The van der Waals surface area contributed by atoms with Gasteiger partial charge in [-0.2, -0.15) is 11.8 Å². The Morgan fingerprint density at radius 2 is 2.00 bits per heavy atom. The van der Waals surface area contributed by atoms with Crippen LogP contribution >= 0.6 is 11.8 Å². The fourth-order valence-corrected chi connectivity index (χ4v) is 3.02. The number of thioether (sulfide) groups is 1. The van der Waals surface area contributed by atoms with Crippen LogP contribution in [0.2, 0.25) is 0 Å². The minimum absolute atomic E-state index is 0.0327. The van der Waals surface area contributed by atoms with Gasteiger partial charge in [0.1, 0.15) is 6.17 Å². The Labute approximate surface area is 126 Å². The summed E-state index contributed by atoms with van der Waals surface area (Å²) in [6.45, 7) is 4.94. The standard InChI is InChI=1S/C16H24N2OS/c1-4-13-6-8-14(9-7-13)15-17-12(2)16(19)18(15)10-5-11-20-3/h6-9,12,15,17H,4-5,10-11H2,1-3H3. The van der Waals surface area contributed by atoms with Gasteiger partial charge in [-0.15, -0.1) is 0 Å². The normalized spacial score (nSPS) is 22.6. The van der Waals surface area contributed by atoms with Gasteiger partial charge in [-0.25, -0.2) is 0 Å². The maximum absolute atomic E-state index is 12.3. The average Bonchev–Trinajstić information content (AvgIpc) is 2.76. The molecule has 0 bridgehead atoms. The van der Waals surface area contributed by atoms with E-state index in [1.165, 1.54) is 11.1 Å². The summed E-state index contributed by atoms with van der Waals surface area (Å²) in [5, 5.41) is 3.40. The average molecular weight is 292 g/mol. The molecule has 0 aliphatic carbocycles. The quantitative estimate of drug-likeness (QED) is 0.818. The number of carbonyl (C=O) groups excluding carboxylic acids is 1. The molecule has 1 amide bonds. The number of amides is 1. The molecule has 1 N–H and O–H groups in total. The van der Waals surface area contributed by atoms with Crippen molar-refractivity contribution in [2.24, 2.45) is 0 Å². The molecule has 1 aliphatic rings. The van der Waals surface area contributed by atoms with Crippen molar-refractivity contribution in [3.8, 4) is 0 Å². The Bertz CT molecular complexity index is 446. The number of hydrogen-bond acceptors (Lipinski definition) is 3. The predicted octanol–water partition coefficient (Wildman–Crippen LogP) is 2.82. The first-order valence-electron chi connectivity index (χ1n) is 7.31. The Balaban J connectivity index is 2.12. The summed E-state index contributed by atoms with van der Waals surface area (Å²) in [6.07, 6.45) is 4.23. The topological polar surface area (TPSA) is 32.3 Å². The molecule has 0 saturated carbocycles. The van der Waals surface area contributed by atoms with Crippen molar-refractivity contribution < 1.29 is 4.79 Å². The van der Waals surface area contributed by atoms with E-state index in [0.717, 1.165) is 25.1 Å². The van der Waals surface area contributed by atoms with Gasteiger partial charge in [-0.3, -0.25) is 10.1 Å². The Morgan fingerprint density at radius 3 is 2.60 bits per heavy atom. The maximum atomic E-state index is 12.3. The van der Waals surface area contributed by atoms with Crippen LogP contribution in [-0.4, -0.2) is 35.4 Å². The van der Waals surface area contributed by atoms with Crippen LogP contribution in [-0.2, 0) is 11.2 Å². The fourth-order valence-electron chi connectivity index (χ4n) is 2.60. The van der Waals surface area contributed by atoms with E-state index in [2.05, 4.69) is 42.8 Å². The van der Waals surface area contributed by atoms with E-state index >= 15 is 0 Å². The Hall–Kier alpha value is -1.00. The Morgan fingerprint density at radius 1 is 1.30 bits per heavy atom. The van der Waals surface area contributed by atoms with E-state index in [4.69, 9.17) is 0 Å². The summed E-state index contributed by atoms with van der Waals surface area (Å²) in [6, 6.07) is 8.52.